The van der Waals surface area contributed by atoms with Crippen LogP contribution in [0.15, 0.2) is 27.2 Å². The number of aromatic nitrogens is 2. The van der Waals surface area contributed by atoms with Crippen LogP contribution in [0.4, 0.5) is 4.39 Å². The van der Waals surface area contributed by atoms with Crippen LogP contribution in [0.25, 0.3) is 11.4 Å². The Labute approximate surface area is 99.8 Å². The molecule has 2 rings (SSSR count). The molecule has 0 saturated carbocycles. The number of nitrogens with zero attached hydrogens (tertiary/aromatic N) is 2. The van der Waals surface area contributed by atoms with Gasteiger partial charge in [-0.15, -0.1) is 0 Å². The molecular weight excluding hydrogens is 277 g/mol. The molecule has 0 bridgehead atoms. The van der Waals surface area contributed by atoms with E-state index < -0.39 is 0 Å². The summed E-state index contributed by atoms with van der Waals surface area (Å²) in [6, 6.07) is 3.94. The lowest BCUT2D eigenvalue weighted by Gasteiger charge is -1.98. The maximum atomic E-state index is 12.9. The van der Waals surface area contributed by atoms with E-state index in [1.54, 1.807) is 13.0 Å². The van der Waals surface area contributed by atoms with Gasteiger partial charge in [-0.2, -0.15) is 4.98 Å². The van der Waals surface area contributed by atoms with E-state index in [1.165, 1.54) is 12.1 Å². The average molecular weight is 286 g/mol. The van der Waals surface area contributed by atoms with Crippen molar-refractivity contribution >= 4 is 15.9 Å². The van der Waals surface area contributed by atoms with Crippen molar-refractivity contribution in [2.75, 3.05) is 0 Å². The van der Waals surface area contributed by atoms with Gasteiger partial charge < -0.3 is 10.3 Å². The molecule has 0 aliphatic heterocycles. The summed E-state index contributed by atoms with van der Waals surface area (Å²) in [7, 11) is 0. The molecule has 0 unspecified atom stereocenters. The van der Waals surface area contributed by atoms with Crippen molar-refractivity contribution in [2.45, 2.75) is 13.0 Å². The second-order valence-corrected chi connectivity index (χ2v) is 4.22. The Bertz CT molecular complexity index is 513. The fourth-order valence-electron chi connectivity index (χ4n) is 1.20. The molecule has 0 saturated heterocycles. The molecule has 1 atom stereocenters. The molecule has 6 heteroatoms. The van der Waals surface area contributed by atoms with E-state index in [4.69, 9.17) is 10.3 Å². The minimum atomic E-state index is -0.327. The molecule has 0 aliphatic carbocycles. The van der Waals surface area contributed by atoms with Crippen LogP contribution in [0, 0.1) is 5.82 Å². The summed E-state index contributed by atoms with van der Waals surface area (Å²) in [5.41, 5.74) is 6.26. The monoisotopic (exact) mass is 285 g/mol. The van der Waals surface area contributed by atoms with Crippen molar-refractivity contribution in [3.63, 3.8) is 0 Å². The number of nitrogens with two attached hydrogens (primary N) is 1. The molecule has 2 aromatic rings. The fourth-order valence-corrected chi connectivity index (χ4v) is 1.73. The highest BCUT2D eigenvalue weighted by molar-refractivity contribution is 9.10. The molecule has 1 heterocycles. The summed E-state index contributed by atoms with van der Waals surface area (Å²) < 4.78 is 18.4. The third-order valence-corrected chi connectivity index (χ3v) is 2.66. The molecule has 0 radical (unpaired) electrons. The molecule has 4 nitrogen and oxygen atoms in total. The third kappa shape index (κ3) is 2.12. The van der Waals surface area contributed by atoms with Crippen molar-refractivity contribution in [3.05, 3.63) is 34.4 Å². The molecule has 0 spiro atoms. The van der Waals surface area contributed by atoms with Crippen molar-refractivity contribution in [1.29, 1.82) is 0 Å². The van der Waals surface area contributed by atoms with Gasteiger partial charge in [-0.3, -0.25) is 0 Å². The SMILES string of the molecule is C[C@@H](N)c1nc(-c2ccc(F)cc2Br)no1. The minimum Gasteiger partial charge on any atom is -0.337 e. The lowest BCUT2D eigenvalue weighted by molar-refractivity contribution is 0.362. The van der Waals surface area contributed by atoms with Gasteiger partial charge in [0.1, 0.15) is 5.82 Å². The fraction of sp³-hybridized carbons (Fsp3) is 0.200. The van der Waals surface area contributed by atoms with Crippen LogP contribution in [-0.4, -0.2) is 10.1 Å². The van der Waals surface area contributed by atoms with Crippen LogP contribution in [-0.2, 0) is 0 Å². The van der Waals surface area contributed by atoms with Crippen molar-refractivity contribution in [2.24, 2.45) is 5.73 Å². The van der Waals surface area contributed by atoms with Crippen molar-refractivity contribution in [3.8, 4) is 11.4 Å². The van der Waals surface area contributed by atoms with E-state index in [-0.39, 0.29) is 11.9 Å². The summed E-state index contributed by atoms with van der Waals surface area (Å²) in [5, 5.41) is 3.78. The molecule has 0 amide bonds. The highest BCUT2D eigenvalue weighted by atomic mass is 79.9. The first-order valence-electron chi connectivity index (χ1n) is 4.62. The largest absolute Gasteiger partial charge is 0.337 e. The smallest absolute Gasteiger partial charge is 0.243 e. The van der Waals surface area contributed by atoms with E-state index in [9.17, 15) is 4.39 Å². The second kappa shape index (κ2) is 4.31. The zero-order valence-electron chi connectivity index (χ0n) is 8.45. The summed E-state index contributed by atoms with van der Waals surface area (Å²) in [5.74, 6) is 0.414. The predicted molar refractivity (Wildman–Crippen MR) is 60.0 cm³/mol. The van der Waals surface area contributed by atoms with E-state index in [2.05, 4.69) is 26.1 Å². The van der Waals surface area contributed by atoms with Crippen LogP contribution in [0.3, 0.4) is 0 Å². The maximum Gasteiger partial charge on any atom is 0.243 e. The Morgan fingerprint density at radius 3 is 2.81 bits per heavy atom. The Hall–Kier alpha value is -1.27. The van der Waals surface area contributed by atoms with Crippen LogP contribution in [0.1, 0.15) is 18.9 Å². The average Bonchev–Trinajstić information content (AvgIpc) is 2.66. The molecule has 16 heavy (non-hydrogen) atoms. The summed E-state index contributed by atoms with van der Waals surface area (Å²) in [6.07, 6.45) is 0. The van der Waals surface area contributed by atoms with Crippen molar-refractivity contribution < 1.29 is 8.91 Å². The van der Waals surface area contributed by atoms with Gasteiger partial charge in [0.2, 0.25) is 11.7 Å². The highest BCUT2D eigenvalue weighted by Crippen LogP contribution is 2.27. The minimum absolute atomic E-state index is 0.319. The molecule has 0 aliphatic rings. The van der Waals surface area contributed by atoms with Gasteiger partial charge in [0, 0.05) is 10.0 Å². The molecule has 2 N–H and O–H groups in total. The summed E-state index contributed by atoms with van der Waals surface area (Å²) >= 11 is 3.24. The van der Waals surface area contributed by atoms with E-state index in [1.807, 2.05) is 0 Å². The first kappa shape index (κ1) is 11.2. The molecule has 1 aromatic heterocycles. The topological polar surface area (TPSA) is 64.9 Å². The highest BCUT2D eigenvalue weighted by Gasteiger charge is 2.14. The van der Waals surface area contributed by atoms with E-state index in [0.29, 0.717) is 21.8 Å². The zero-order chi connectivity index (χ0) is 11.7. The Balaban J connectivity index is 2.42. The van der Waals surface area contributed by atoms with Gasteiger partial charge in [-0.25, -0.2) is 4.39 Å². The normalized spacial score (nSPS) is 12.8. The number of hydrogen-bond acceptors (Lipinski definition) is 4. The quantitative estimate of drug-likeness (QED) is 0.921. The predicted octanol–water partition coefficient (Wildman–Crippen LogP) is 2.66. The number of rotatable bonds is 2. The van der Waals surface area contributed by atoms with E-state index >= 15 is 0 Å². The molecule has 0 fully saturated rings. The summed E-state index contributed by atoms with van der Waals surface area (Å²) in [6.45, 7) is 1.75. The van der Waals surface area contributed by atoms with Gasteiger partial charge in [-0.1, -0.05) is 5.16 Å². The van der Waals surface area contributed by atoms with Gasteiger partial charge >= 0.3 is 0 Å². The first-order valence-corrected chi connectivity index (χ1v) is 5.42. The number of halogens is 2. The molecule has 1 aromatic carbocycles. The third-order valence-electron chi connectivity index (χ3n) is 2.00. The number of hydrogen-bond donors (Lipinski definition) is 1. The zero-order valence-corrected chi connectivity index (χ0v) is 10.0. The maximum absolute atomic E-state index is 12.9. The van der Waals surface area contributed by atoms with Crippen LogP contribution >= 0.6 is 15.9 Å². The Kier molecular flexibility index (Phi) is 3.02. The van der Waals surface area contributed by atoms with E-state index in [0.717, 1.165) is 0 Å². The van der Waals surface area contributed by atoms with Crippen LogP contribution in [0.5, 0.6) is 0 Å². The van der Waals surface area contributed by atoms with Gasteiger partial charge in [-0.05, 0) is 41.1 Å². The van der Waals surface area contributed by atoms with Gasteiger partial charge in [0.05, 0.1) is 6.04 Å². The standard InChI is InChI=1S/C10H9BrFN3O/c1-5(13)10-14-9(15-16-10)7-3-2-6(12)4-8(7)11/h2-5H,13H2,1H3/t5-/m1/s1. The lowest BCUT2D eigenvalue weighted by Crippen LogP contribution is -2.04. The summed E-state index contributed by atoms with van der Waals surface area (Å²) in [4.78, 5) is 4.12. The lowest BCUT2D eigenvalue weighted by atomic mass is 10.2. The molecular formula is C10H9BrFN3O. The second-order valence-electron chi connectivity index (χ2n) is 3.37. The van der Waals surface area contributed by atoms with Crippen molar-refractivity contribution in [1.82, 2.24) is 10.1 Å². The van der Waals surface area contributed by atoms with Crippen LogP contribution < -0.4 is 5.73 Å². The van der Waals surface area contributed by atoms with Gasteiger partial charge in [0.15, 0.2) is 0 Å². The van der Waals surface area contributed by atoms with Gasteiger partial charge in [0.25, 0.3) is 0 Å². The Morgan fingerprint density at radius 1 is 1.50 bits per heavy atom. The first-order chi connectivity index (χ1) is 7.58. The molecule has 84 valence electrons. The Morgan fingerprint density at radius 2 is 2.25 bits per heavy atom. The number of benzene rings is 1. The van der Waals surface area contributed by atoms with Crippen LogP contribution in [0.2, 0.25) is 0 Å².